The van der Waals surface area contributed by atoms with Gasteiger partial charge >= 0.3 is 0 Å². The standard InChI is InChI=1S/C25H26ClN3O7S2/c1-28(2)37(31,32)21-11-9-19(10-12-21)35-15-14-27-25(30)24-17-29(22-16-18(26)8-13-23(22)36-24)38(33,34)20-6-4-3-5-7-20/h3-13,16,24H,14-15,17H2,1-2H3,(H,27,30)/t24-/m0/s1. The number of carbonyl (C=O) groups is 1. The molecule has 0 unspecified atom stereocenters. The van der Waals surface area contributed by atoms with Crippen molar-refractivity contribution in [3.63, 3.8) is 0 Å². The number of halogens is 1. The van der Waals surface area contributed by atoms with Crippen molar-refractivity contribution in [3.8, 4) is 11.5 Å². The van der Waals surface area contributed by atoms with Crippen molar-refractivity contribution in [1.82, 2.24) is 9.62 Å². The summed E-state index contributed by atoms with van der Waals surface area (Å²) in [5, 5.41) is 3.01. The van der Waals surface area contributed by atoms with Gasteiger partial charge in [-0.3, -0.25) is 9.10 Å². The molecule has 1 amide bonds. The Morgan fingerprint density at radius 2 is 1.71 bits per heavy atom. The van der Waals surface area contributed by atoms with E-state index in [2.05, 4.69) is 5.32 Å². The van der Waals surface area contributed by atoms with Crippen molar-refractivity contribution >= 4 is 43.2 Å². The van der Waals surface area contributed by atoms with Crippen molar-refractivity contribution in [2.24, 2.45) is 0 Å². The van der Waals surface area contributed by atoms with Crippen molar-refractivity contribution < 1.29 is 31.1 Å². The lowest BCUT2D eigenvalue weighted by Crippen LogP contribution is -2.51. The Kier molecular flexibility index (Phi) is 8.16. The highest BCUT2D eigenvalue weighted by molar-refractivity contribution is 7.92. The molecule has 0 saturated heterocycles. The smallest absolute Gasteiger partial charge is 0.264 e. The number of sulfonamides is 2. The van der Waals surface area contributed by atoms with Gasteiger partial charge in [0.05, 0.1) is 28.6 Å². The Morgan fingerprint density at radius 1 is 1.03 bits per heavy atom. The van der Waals surface area contributed by atoms with Crippen LogP contribution < -0.4 is 19.1 Å². The lowest BCUT2D eigenvalue weighted by molar-refractivity contribution is -0.127. The molecule has 3 aromatic rings. The Balaban J connectivity index is 1.41. The van der Waals surface area contributed by atoms with Crippen molar-refractivity contribution in [2.45, 2.75) is 15.9 Å². The first kappa shape index (κ1) is 27.7. The van der Waals surface area contributed by atoms with Gasteiger partial charge in [0, 0.05) is 19.1 Å². The Hall–Kier alpha value is -3.32. The fourth-order valence-corrected chi connectivity index (χ4v) is 6.24. The van der Waals surface area contributed by atoms with E-state index >= 15 is 0 Å². The van der Waals surface area contributed by atoms with E-state index in [4.69, 9.17) is 21.1 Å². The summed E-state index contributed by atoms with van der Waals surface area (Å²) in [6, 6.07) is 18.4. The molecule has 13 heteroatoms. The first-order chi connectivity index (χ1) is 18.0. The highest BCUT2D eigenvalue weighted by Gasteiger charge is 2.37. The molecule has 38 heavy (non-hydrogen) atoms. The number of benzene rings is 3. The van der Waals surface area contributed by atoms with E-state index in [0.29, 0.717) is 10.8 Å². The molecule has 0 aliphatic carbocycles. The monoisotopic (exact) mass is 579 g/mol. The molecule has 1 heterocycles. The average Bonchev–Trinajstić information content (AvgIpc) is 2.91. The predicted molar refractivity (Wildman–Crippen MR) is 143 cm³/mol. The van der Waals surface area contributed by atoms with Crippen molar-refractivity contribution in [2.75, 3.05) is 38.1 Å². The molecule has 1 atom stereocenters. The molecule has 1 N–H and O–H groups in total. The quantitative estimate of drug-likeness (QED) is 0.387. The summed E-state index contributed by atoms with van der Waals surface area (Å²) in [4.78, 5) is 13.1. The molecule has 0 saturated carbocycles. The van der Waals surface area contributed by atoms with Crippen LogP contribution in [-0.2, 0) is 24.8 Å². The van der Waals surface area contributed by atoms with Crippen LogP contribution in [-0.4, -0.2) is 66.9 Å². The average molecular weight is 580 g/mol. The van der Waals surface area contributed by atoms with Crippen molar-refractivity contribution in [1.29, 1.82) is 0 Å². The third kappa shape index (κ3) is 5.88. The summed E-state index contributed by atoms with van der Waals surface area (Å²) >= 11 is 6.11. The molecule has 1 aliphatic heterocycles. The molecule has 3 aromatic carbocycles. The maximum Gasteiger partial charge on any atom is 0.264 e. The zero-order valence-electron chi connectivity index (χ0n) is 20.6. The van der Waals surface area contributed by atoms with E-state index in [-0.39, 0.29) is 40.9 Å². The number of fused-ring (bicyclic) bond motifs is 1. The first-order valence-electron chi connectivity index (χ1n) is 11.5. The molecular weight excluding hydrogens is 554 g/mol. The second-order valence-corrected chi connectivity index (χ2v) is 12.9. The summed E-state index contributed by atoms with van der Waals surface area (Å²) in [5.41, 5.74) is 0.244. The number of hydrogen-bond donors (Lipinski definition) is 1. The first-order valence-corrected chi connectivity index (χ1v) is 14.7. The maximum atomic E-state index is 13.4. The molecule has 4 rings (SSSR count). The van der Waals surface area contributed by atoms with E-state index in [1.54, 1.807) is 24.3 Å². The topological polar surface area (TPSA) is 122 Å². The molecular formula is C25H26ClN3O7S2. The number of amides is 1. The van der Waals surface area contributed by atoms with Gasteiger partial charge in [-0.2, -0.15) is 0 Å². The van der Waals surface area contributed by atoms with E-state index in [1.165, 1.54) is 62.6 Å². The van der Waals surface area contributed by atoms with Crippen LogP contribution in [0.3, 0.4) is 0 Å². The van der Waals surface area contributed by atoms with E-state index in [0.717, 1.165) is 8.61 Å². The normalized spacial score (nSPS) is 15.5. The Bertz CT molecular complexity index is 1510. The minimum Gasteiger partial charge on any atom is -0.492 e. The van der Waals surface area contributed by atoms with E-state index in [9.17, 15) is 21.6 Å². The molecule has 0 bridgehead atoms. The number of nitrogens with one attached hydrogen (secondary N) is 1. The summed E-state index contributed by atoms with van der Waals surface area (Å²) in [6.07, 6.45) is -1.11. The van der Waals surface area contributed by atoms with Gasteiger partial charge in [0.1, 0.15) is 18.1 Å². The third-order valence-electron chi connectivity index (χ3n) is 5.69. The highest BCUT2D eigenvalue weighted by atomic mass is 35.5. The van der Waals surface area contributed by atoms with Crippen LogP contribution >= 0.6 is 11.6 Å². The zero-order valence-corrected chi connectivity index (χ0v) is 23.0. The molecule has 0 fully saturated rings. The number of nitrogens with zero attached hydrogens (tertiary/aromatic N) is 2. The number of rotatable bonds is 9. The Morgan fingerprint density at radius 3 is 2.37 bits per heavy atom. The number of hydrogen-bond acceptors (Lipinski definition) is 7. The zero-order chi connectivity index (χ0) is 27.5. The van der Waals surface area contributed by atoms with Crippen molar-refractivity contribution in [3.05, 3.63) is 77.8 Å². The minimum absolute atomic E-state index is 0.0739. The van der Waals surface area contributed by atoms with Gasteiger partial charge in [0.25, 0.3) is 15.9 Å². The van der Waals surface area contributed by atoms with Crippen LogP contribution in [0.4, 0.5) is 5.69 Å². The SMILES string of the molecule is CN(C)S(=O)(=O)c1ccc(OCCNC(=O)[C@@H]2CN(S(=O)(=O)c3ccccc3)c3cc(Cl)ccc3O2)cc1. The molecule has 1 aliphatic rings. The van der Waals surface area contributed by atoms with Gasteiger partial charge in [0.2, 0.25) is 10.0 Å². The molecule has 10 nitrogen and oxygen atoms in total. The summed E-state index contributed by atoms with van der Waals surface area (Å²) in [7, 11) is -4.65. The van der Waals surface area contributed by atoms with Gasteiger partial charge in [-0.1, -0.05) is 29.8 Å². The Labute approximate surface area is 226 Å². The maximum absolute atomic E-state index is 13.4. The second kappa shape index (κ2) is 11.2. The van der Waals surface area contributed by atoms with Gasteiger partial charge in [-0.25, -0.2) is 21.1 Å². The lowest BCUT2D eigenvalue weighted by atomic mass is 10.2. The largest absolute Gasteiger partial charge is 0.492 e. The van der Waals surface area contributed by atoms with Gasteiger partial charge < -0.3 is 14.8 Å². The van der Waals surface area contributed by atoms with Crippen LogP contribution in [0.15, 0.2) is 82.6 Å². The van der Waals surface area contributed by atoms with Gasteiger partial charge in [0.15, 0.2) is 6.10 Å². The second-order valence-electron chi connectivity index (χ2n) is 8.47. The number of carbonyl (C=O) groups excluding carboxylic acids is 1. The minimum atomic E-state index is -4.00. The summed E-state index contributed by atoms with van der Waals surface area (Å²) in [5.74, 6) is 0.121. The lowest BCUT2D eigenvalue weighted by Gasteiger charge is -2.34. The number of anilines is 1. The highest BCUT2D eigenvalue weighted by Crippen LogP contribution is 2.38. The van der Waals surface area contributed by atoms with Gasteiger partial charge in [-0.15, -0.1) is 0 Å². The van der Waals surface area contributed by atoms with Crippen LogP contribution in [0.2, 0.25) is 5.02 Å². The molecule has 0 aromatic heterocycles. The van der Waals surface area contributed by atoms with Crippen LogP contribution in [0.1, 0.15) is 0 Å². The van der Waals surface area contributed by atoms with E-state index in [1.807, 2.05) is 0 Å². The van der Waals surface area contributed by atoms with E-state index < -0.39 is 32.1 Å². The molecule has 0 radical (unpaired) electrons. The van der Waals surface area contributed by atoms with Crippen LogP contribution in [0.25, 0.3) is 0 Å². The third-order valence-corrected chi connectivity index (χ3v) is 9.54. The number of ether oxygens (including phenoxy) is 2. The van der Waals surface area contributed by atoms with Gasteiger partial charge in [-0.05, 0) is 54.6 Å². The summed E-state index contributed by atoms with van der Waals surface area (Å²) in [6.45, 7) is -0.0507. The molecule has 0 spiro atoms. The fourth-order valence-electron chi connectivity index (χ4n) is 3.68. The molecule has 202 valence electrons. The summed E-state index contributed by atoms with van der Waals surface area (Å²) < 4.78 is 64.8. The van der Waals surface area contributed by atoms with Crippen LogP contribution in [0, 0.1) is 0 Å². The van der Waals surface area contributed by atoms with Crippen LogP contribution in [0.5, 0.6) is 11.5 Å². The fraction of sp³-hybridized carbons (Fsp3) is 0.240. The predicted octanol–water partition coefficient (Wildman–Crippen LogP) is 2.74.